The standard InChI is InChI=1S/C31H40P.ClH/c1-2-3-4-5-6-7-8-9-10-11-21-28-32(29-22-15-12-16-23-29,30-24-17-13-18-25-30)31-26-19-14-20-27-31;/h11-27H,2-10,28H2,1H3;1H/q+1;/p-1/b21-11+;. The molecule has 0 aliphatic heterocycles. The molecule has 33 heavy (non-hydrogen) atoms. The molecule has 3 aromatic rings. The number of halogens is 1. The molecule has 0 saturated carbocycles. The van der Waals surface area contributed by atoms with Crippen molar-refractivity contribution < 1.29 is 12.4 Å². The molecule has 176 valence electrons. The fourth-order valence-corrected chi connectivity index (χ4v) is 8.59. The molecule has 2 heteroatoms. The van der Waals surface area contributed by atoms with Crippen LogP contribution in [0.3, 0.4) is 0 Å². The van der Waals surface area contributed by atoms with Crippen LogP contribution in [0.5, 0.6) is 0 Å². The molecule has 0 heterocycles. The SMILES string of the molecule is CCCCCCCCCC/C=C/C[P+](c1ccccc1)(c1ccccc1)c1ccccc1.[Cl-]. The van der Waals surface area contributed by atoms with Gasteiger partial charge >= 0.3 is 0 Å². The number of benzene rings is 3. The maximum Gasteiger partial charge on any atom is 0.115 e. The predicted octanol–water partition coefficient (Wildman–Crippen LogP) is 5.07. The van der Waals surface area contributed by atoms with Gasteiger partial charge in [0.1, 0.15) is 23.2 Å². The average molecular weight is 479 g/mol. The first kappa shape index (κ1) is 27.4. The lowest BCUT2D eigenvalue weighted by Crippen LogP contribution is -3.00. The minimum absolute atomic E-state index is 0. The minimum Gasteiger partial charge on any atom is -1.00 e. The Bertz CT molecular complexity index is 793. The van der Waals surface area contributed by atoms with Crippen molar-refractivity contribution in [1.29, 1.82) is 0 Å². The van der Waals surface area contributed by atoms with Crippen LogP contribution in [0.4, 0.5) is 0 Å². The van der Waals surface area contributed by atoms with E-state index in [9.17, 15) is 0 Å². The molecule has 0 unspecified atom stereocenters. The Labute approximate surface area is 209 Å². The largest absolute Gasteiger partial charge is 1.00 e. The average Bonchev–Trinajstić information content (AvgIpc) is 2.87. The normalized spacial score (nSPS) is 11.4. The molecular formula is C31H40ClP. The van der Waals surface area contributed by atoms with Gasteiger partial charge in [0.05, 0.1) is 6.16 Å². The van der Waals surface area contributed by atoms with Crippen molar-refractivity contribution in [3.63, 3.8) is 0 Å². The second-order valence-electron chi connectivity index (χ2n) is 8.73. The molecule has 0 atom stereocenters. The van der Waals surface area contributed by atoms with Gasteiger partial charge in [0.15, 0.2) is 0 Å². The third kappa shape index (κ3) is 8.13. The van der Waals surface area contributed by atoms with E-state index in [0.29, 0.717) is 0 Å². The third-order valence-corrected chi connectivity index (χ3v) is 10.7. The van der Waals surface area contributed by atoms with Gasteiger partial charge in [-0.3, -0.25) is 0 Å². The van der Waals surface area contributed by atoms with Crippen LogP contribution < -0.4 is 28.3 Å². The molecule has 0 radical (unpaired) electrons. The van der Waals surface area contributed by atoms with Crippen LogP contribution in [-0.2, 0) is 0 Å². The summed E-state index contributed by atoms with van der Waals surface area (Å²) in [6, 6.07) is 33.6. The molecule has 0 saturated heterocycles. The highest BCUT2D eigenvalue weighted by atomic mass is 35.5. The number of hydrogen-bond acceptors (Lipinski definition) is 0. The van der Waals surface area contributed by atoms with Crippen molar-refractivity contribution in [1.82, 2.24) is 0 Å². The summed E-state index contributed by atoms with van der Waals surface area (Å²) in [5.74, 6) is 0. The van der Waals surface area contributed by atoms with Gasteiger partial charge in [-0.15, -0.1) is 0 Å². The zero-order chi connectivity index (χ0) is 22.3. The van der Waals surface area contributed by atoms with Crippen molar-refractivity contribution in [2.45, 2.75) is 64.7 Å². The van der Waals surface area contributed by atoms with E-state index in [1.54, 1.807) is 0 Å². The van der Waals surface area contributed by atoms with Crippen molar-refractivity contribution in [3.05, 3.63) is 103 Å². The topological polar surface area (TPSA) is 0 Å². The van der Waals surface area contributed by atoms with Crippen molar-refractivity contribution in [2.24, 2.45) is 0 Å². The Morgan fingerprint density at radius 1 is 0.515 bits per heavy atom. The van der Waals surface area contributed by atoms with E-state index in [0.717, 1.165) is 6.16 Å². The summed E-state index contributed by atoms with van der Waals surface area (Å²) < 4.78 is 0. The number of hydrogen-bond donors (Lipinski definition) is 0. The first-order valence-corrected chi connectivity index (χ1v) is 14.6. The van der Waals surface area contributed by atoms with E-state index in [1.807, 2.05) is 0 Å². The van der Waals surface area contributed by atoms with E-state index >= 15 is 0 Å². The number of allylic oxidation sites excluding steroid dienone is 2. The molecule has 0 aliphatic rings. The summed E-state index contributed by atoms with van der Waals surface area (Å²) in [5.41, 5.74) is 0. The van der Waals surface area contributed by atoms with Gasteiger partial charge in [0, 0.05) is 0 Å². The summed E-state index contributed by atoms with van der Waals surface area (Å²) in [6.07, 6.45) is 18.3. The molecule has 0 fully saturated rings. The van der Waals surface area contributed by atoms with Crippen LogP contribution in [0, 0.1) is 0 Å². The molecule has 0 amide bonds. The Kier molecular flexibility index (Phi) is 13.2. The molecule has 0 nitrogen and oxygen atoms in total. The van der Waals surface area contributed by atoms with E-state index in [4.69, 9.17) is 0 Å². The first-order chi connectivity index (χ1) is 15.9. The monoisotopic (exact) mass is 478 g/mol. The van der Waals surface area contributed by atoms with Gasteiger partial charge in [-0.25, -0.2) is 0 Å². The van der Waals surface area contributed by atoms with Crippen LogP contribution in [0.25, 0.3) is 0 Å². The fourth-order valence-electron chi connectivity index (χ4n) is 4.56. The molecule has 0 aliphatic carbocycles. The molecule has 0 aromatic heterocycles. The maximum absolute atomic E-state index is 2.47. The van der Waals surface area contributed by atoms with Gasteiger partial charge in [-0.1, -0.05) is 119 Å². The summed E-state index contributed by atoms with van der Waals surface area (Å²) >= 11 is 0. The molecule has 3 rings (SSSR count). The van der Waals surface area contributed by atoms with Crippen LogP contribution in [0.1, 0.15) is 64.7 Å². The summed E-state index contributed by atoms with van der Waals surface area (Å²) in [7, 11) is -1.72. The van der Waals surface area contributed by atoms with Crippen LogP contribution in [0.2, 0.25) is 0 Å². The maximum atomic E-state index is 2.47. The van der Waals surface area contributed by atoms with Crippen LogP contribution in [-0.4, -0.2) is 6.16 Å². The number of unbranched alkanes of at least 4 members (excludes halogenated alkanes) is 8. The lowest BCUT2D eigenvalue weighted by molar-refractivity contribution is -0.00000647. The van der Waals surface area contributed by atoms with Gasteiger partial charge in [-0.05, 0) is 49.2 Å². The Morgan fingerprint density at radius 3 is 1.33 bits per heavy atom. The third-order valence-electron chi connectivity index (χ3n) is 6.36. The Balaban J connectivity index is 0.00000385. The first-order valence-electron chi connectivity index (χ1n) is 12.6. The van der Waals surface area contributed by atoms with Crippen LogP contribution in [0.15, 0.2) is 103 Å². The lowest BCUT2D eigenvalue weighted by Gasteiger charge is -2.26. The second kappa shape index (κ2) is 15.9. The highest BCUT2D eigenvalue weighted by Crippen LogP contribution is 2.55. The second-order valence-corrected chi connectivity index (χ2v) is 12.3. The Hall–Kier alpha value is -1.88. The fraction of sp³-hybridized carbons (Fsp3) is 0.355. The Morgan fingerprint density at radius 2 is 0.909 bits per heavy atom. The molecule has 3 aromatic carbocycles. The molecule has 0 spiro atoms. The molecular weight excluding hydrogens is 439 g/mol. The van der Waals surface area contributed by atoms with Gasteiger partial charge in [-0.2, -0.15) is 0 Å². The summed E-state index contributed by atoms with van der Waals surface area (Å²) in [5, 5.41) is 4.40. The van der Waals surface area contributed by atoms with Crippen LogP contribution >= 0.6 is 7.26 Å². The highest BCUT2D eigenvalue weighted by molar-refractivity contribution is 7.95. The van der Waals surface area contributed by atoms with E-state index in [-0.39, 0.29) is 12.4 Å². The van der Waals surface area contributed by atoms with Crippen molar-refractivity contribution >= 4 is 23.2 Å². The van der Waals surface area contributed by atoms with Gasteiger partial charge in [0.2, 0.25) is 0 Å². The highest BCUT2D eigenvalue weighted by Gasteiger charge is 2.43. The zero-order valence-electron chi connectivity index (χ0n) is 20.2. The quantitative estimate of drug-likeness (QED) is 0.172. The summed E-state index contributed by atoms with van der Waals surface area (Å²) in [6.45, 7) is 2.29. The van der Waals surface area contributed by atoms with Crippen molar-refractivity contribution in [3.8, 4) is 0 Å². The van der Waals surface area contributed by atoms with E-state index < -0.39 is 7.26 Å². The van der Waals surface area contributed by atoms with Crippen molar-refractivity contribution in [2.75, 3.05) is 6.16 Å². The van der Waals surface area contributed by atoms with Gasteiger partial charge in [0.25, 0.3) is 0 Å². The van der Waals surface area contributed by atoms with E-state index in [1.165, 1.54) is 73.7 Å². The summed E-state index contributed by atoms with van der Waals surface area (Å²) in [4.78, 5) is 0. The zero-order valence-corrected chi connectivity index (χ0v) is 21.9. The predicted molar refractivity (Wildman–Crippen MR) is 146 cm³/mol. The minimum atomic E-state index is -1.72. The van der Waals surface area contributed by atoms with E-state index in [2.05, 4.69) is 110 Å². The smallest absolute Gasteiger partial charge is 0.115 e. The number of rotatable bonds is 14. The van der Waals surface area contributed by atoms with Gasteiger partial charge < -0.3 is 12.4 Å². The molecule has 0 N–H and O–H groups in total. The lowest BCUT2D eigenvalue weighted by atomic mass is 10.1. The molecule has 0 bridgehead atoms.